The van der Waals surface area contributed by atoms with Crippen LogP contribution < -0.4 is 5.32 Å². The molecular weight excluding hydrogens is 258 g/mol. The summed E-state index contributed by atoms with van der Waals surface area (Å²) in [6.07, 6.45) is 0.980. The van der Waals surface area contributed by atoms with Crippen LogP contribution in [0.5, 0.6) is 0 Å². The maximum atomic E-state index is 5.77. The van der Waals surface area contributed by atoms with E-state index in [9.17, 15) is 0 Å². The number of hydrogen-bond acceptors (Lipinski definition) is 2. The topological polar surface area (TPSA) is 29.9 Å². The Balaban J connectivity index is 1.86. The molecule has 0 aliphatic carbocycles. The molecule has 0 radical (unpaired) electrons. The number of nitrogens with one attached hydrogen (secondary N) is 1. The third kappa shape index (κ3) is 3.82. The van der Waals surface area contributed by atoms with Gasteiger partial charge in [-0.25, -0.2) is 0 Å². The maximum Gasteiger partial charge on any atom is 0.0625 e. The Morgan fingerprint density at radius 1 is 1.16 bits per heavy atom. The molecule has 4 heteroatoms. The fraction of sp³-hybridized carbons (Fsp3) is 0.400. The van der Waals surface area contributed by atoms with Crippen LogP contribution in [0.4, 0.5) is 0 Å². The van der Waals surface area contributed by atoms with Crippen molar-refractivity contribution >= 4 is 11.6 Å². The highest BCUT2D eigenvalue weighted by Crippen LogP contribution is 2.07. The van der Waals surface area contributed by atoms with E-state index < -0.39 is 0 Å². The molecule has 102 valence electrons. The molecule has 0 unspecified atom stereocenters. The molecule has 0 bridgehead atoms. The summed E-state index contributed by atoms with van der Waals surface area (Å²) in [5.41, 5.74) is 4.79. The summed E-state index contributed by atoms with van der Waals surface area (Å²) >= 11 is 5.77. The quantitative estimate of drug-likeness (QED) is 0.823. The van der Waals surface area contributed by atoms with Gasteiger partial charge in [0.15, 0.2) is 0 Å². The van der Waals surface area contributed by atoms with E-state index in [1.165, 1.54) is 11.3 Å². The molecule has 1 N–H and O–H groups in total. The van der Waals surface area contributed by atoms with Crippen molar-refractivity contribution in [1.29, 1.82) is 0 Å². The number of aromatic nitrogens is 2. The first kappa shape index (κ1) is 14.1. The van der Waals surface area contributed by atoms with Gasteiger partial charge in [-0.15, -0.1) is 11.6 Å². The minimum atomic E-state index is 0.572. The molecule has 1 aromatic heterocycles. The van der Waals surface area contributed by atoms with E-state index in [4.69, 9.17) is 11.6 Å². The van der Waals surface area contributed by atoms with Crippen LogP contribution in [0, 0.1) is 0 Å². The molecule has 0 aliphatic rings. The van der Waals surface area contributed by atoms with Crippen LogP contribution in [0.15, 0.2) is 30.3 Å². The molecule has 0 saturated carbocycles. The molecule has 3 nitrogen and oxygen atoms in total. The number of rotatable bonds is 6. The monoisotopic (exact) mass is 277 g/mol. The minimum absolute atomic E-state index is 0.572. The maximum absolute atomic E-state index is 5.77. The van der Waals surface area contributed by atoms with Gasteiger partial charge in [-0.05, 0) is 23.6 Å². The van der Waals surface area contributed by atoms with Crippen molar-refractivity contribution in [3.63, 3.8) is 0 Å². The Bertz CT molecular complexity index is 517. The van der Waals surface area contributed by atoms with Crippen molar-refractivity contribution in [3.05, 3.63) is 52.8 Å². The van der Waals surface area contributed by atoms with Crippen LogP contribution in [0.1, 0.15) is 29.4 Å². The van der Waals surface area contributed by atoms with Gasteiger partial charge < -0.3 is 5.32 Å². The van der Waals surface area contributed by atoms with E-state index in [0.29, 0.717) is 5.88 Å². The second-order valence-electron chi connectivity index (χ2n) is 4.66. The van der Waals surface area contributed by atoms with Gasteiger partial charge in [-0.3, -0.25) is 4.68 Å². The van der Waals surface area contributed by atoms with Crippen molar-refractivity contribution < 1.29 is 0 Å². The van der Waals surface area contributed by atoms with Crippen LogP contribution >= 0.6 is 11.6 Å². The fourth-order valence-electron chi connectivity index (χ4n) is 1.99. The summed E-state index contributed by atoms with van der Waals surface area (Å²) < 4.78 is 1.95. The Morgan fingerprint density at radius 3 is 2.42 bits per heavy atom. The van der Waals surface area contributed by atoms with Gasteiger partial charge in [-0.2, -0.15) is 5.10 Å². The zero-order chi connectivity index (χ0) is 13.7. The first-order chi connectivity index (χ1) is 9.22. The highest BCUT2D eigenvalue weighted by atomic mass is 35.5. The van der Waals surface area contributed by atoms with Crippen molar-refractivity contribution in [1.82, 2.24) is 15.1 Å². The fourth-order valence-corrected chi connectivity index (χ4v) is 2.17. The third-order valence-electron chi connectivity index (χ3n) is 3.20. The molecule has 1 aromatic carbocycles. The van der Waals surface area contributed by atoms with Gasteiger partial charge in [0.2, 0.25) is 0 Å². The minimum Gasteiger partial charge on any atom is -0.307 e. The molecule has 0 atom stereocenters. The number of alkyl halides is 1. The Hall–Kier alpha value is -1.32. The predicted molar refractivity (Wildman–Crippen MR) is 79.1 cm³/mol. The van der Waals surface area contributed by atoms with E-state index in [1.807, 2.05) is 11.7 Å². The molecule has 2 aromatic rings. The molecule has 0 saturated heterocycles. The molecule has 0 fully saturated rings. The molecule has 0 amide bonds. The van der Waals surface area contributed by atoms with Gasteiger partial charge in [0.05, 0.1) is 11.4 Å². The second-order valence-corrected chi connectivity index (χ2v) is 4.93. The van der Waals surface area contributed by atoms with E-state index in [2.05, 4.69) is 47.7 Å². The zero-order valence-electron chi connectivity index (χ0n) is 11.5. The van der Waals surface area contributed by atoms with Gasteiger partial charge in [0.25, 0.3) is 0 Å². The lowest BCUT2D eigenvalue weighted by atomic mass is 10.1. The molecule has 1 heterocycles. The normalized spacial score (nSPS) is 10.9. The average Bonchev–Trinajstić information content (AvgIpc) is 2.80. The van der Waals surface area contributed by atoms with Gasteiger partial charge in [0.1, 0.15) is 0 Å². The van der Waals surface area contributed by atoms with Crippen molar-refractivity contribution in [2.75, 3.05) is 0 Å². The van der Waals surface area contributed by atoms with E-state index in [0.717, 1.165) is 30.8 Å². The summed E-state index contributed by atoms with van der Waals surface area (Å²) in [6.45, 7) is 3.81. The lowest BCUT2D eigenvalue weighted by Gasteiger charge is -2.06. The summed E-state index contributed by atoms with van der Waals surface area (Å²) in [5.74, 6) is 0.572. The Labute approximate surface area is 119 Å². The average molecular weight is 278 g/mol. The molecule has 2 rings (SSSR count). The third-order valence-corrected chi connectivity index (χ3v) is 3.51. The predicted octanol–water partition coefficient (Wildman–Crippen LogP) is 3.01. The molecule has 0 spiro atoms. The molecular formula is C15H20ClN3. The van der Waals surface area contributed by atoms with Crippen LogP contribution in [-0.4, -0.2) is 9.78 Å². The SMILES string of the molecule is CCc1cc(CNCc2ccc(CCl)cc2)n(C)n1. The summed E-state index contributed by atoms with van der Waals surface area (Å²) in [5, 5.41) is 7.88. The van der Waals surface area contributed by atoms with E-state index in [-0.39, 0.29) is 0 Å². The smallest absolute Gasteiger partial charge is 0.0625 e. The Kier molecular flexibility index (Phi) is 5.00. The van der Waals surface area contributed by atoms with Crippen LogP contribution in [-0.2, 0) is 32.4 Å². The first-order valence-electron chi connectivity index (χ1n) is 6.59. The summed E-state index contributed by atoms with van der Waals surface area (Å²) in [6, 6.07) is 10.5. The first-order valence-corrected chi connectivity index (χ1v) is 7.12. The number of halogens is 1. The lowest BCUT2D eigenvalue weighted by molar-refractivity contribution is 0.623. The highest BCUT2D eigenvalue weighted by molar-refractivity contribution is 6.17. The second kappa shape index (κ2) is 6.73. The van der Waals surface area contributed by atoms with Gasteiger partial charge in [0, 0.05) is 26.0 Å². The van der Waals surface area contributed by atoms with Crippen LogP contribution in [0.3, 0.4) is 0 Å². The largest absolute Gasteiger partial charge is 0.307 e. The number of benzene rings is 1. The van der Waals surface area contributed by atoms with E-state index >= 15 is 0 Å². The Morgan fingerprint density at radius 2 is 1.84 bits per heavy atom. The van der Waals surface area contributed by atoms with Gasteiger partial charge in [-0.1, -0.05) is 31.2 Å². The summed E-state index contributed by atoms with van der Waals surface area (Å²) in [7, 11) is 1.99. The van der Waals surface area contributed by atoms with Crippen LogP contribution in [0.25, 0.3) is 0 Å². The molecule has 19 heavy (non-hydrogen) atoms. The number of hydrogen-bond donors (Lipinski definition) is 1. The molecule has 0 aliphatic heterocycles. The standard InChI is InChI=1S/C15H20ClN3/c1-3-14-8-15(19(2)18-14)11-17-10-13-6-4-12(9-16)5-7-13/h4-8,17H,3,9-11H2,1-2H3. The highest BCUT2D eigenvalue weighted by Gasteiger charge is 2.03. The summed E-state index contributed by atoms with van der Waals surface area (Å²) in [4.78, 5) is 0. The van der Waals surface area contributed by atoms with Crippen molar-refractivity contribution in [2.45, 2.75) is 32.3 Å². The van der Waals surface area contributed by atoms with E-state index in [1.54, 1.807) is 0 Å². The number of nitrogens with zero attached hydrogens (tertiary/aromatic N) is 2. The van der Waals surface area contributed by atoms with Crippen LogP contribution in [0.2, 0.25) is 0 Å². The number of aryl methyl sites for hydroxylation is 2. The van der Waals surface area contributed by atoms with Crippen molar-refractivity contribution in [3.8, 4) is 0 Å². The van der Waals surface area contributed by atoms with Gasteiger partial charge >= 0.3 is 0 Å². The lowest BCUT2D eigenvalue weighted by Crippen LogP contribution is -2.15. The zero-order valence-corrected chi connectivity index (χ0v) is 12.2. The van der Waals surface area contributed by atoms with Crippen molar-refractivity contribution in [2.24, 2.45) is 7.05 Å².